The van der Waals surface area contributed by atoms with Gasteiger partial charge in [0.05, 0.1) is 75.0 Å². The molecule has 1 aliphatic heterocycles. The predicted octanol–water partition coefficient (Wildman–Crippen LogP) is 3.08. The molecule has 2 aromatic rings. The van der Waals surface area contributed by atoms with Crippen LogP contribution < -0.4 is 10.6 Å². The molecule has 14 heteroatoms. The number of nitrogens with one attached hydrogen (secondary N) is 2. The van der Waals surface area contributed by atoms with Crippen molar-refractivity contribution >= 4 is 45.0 Å². The van der Waals surface area contributed by atoms with Crippen LogP contribution in [0.15, 0.2) is 29.8 Å². The third-order valence-corrected chi connectivity index (χ3v) is 8.82. The van der Waals surface area contributed by atoms with Gasteiger partial charge in [0.15, 0.2) is 0 Å². The monoisotopic (exact) mass is 740 g/mol. The molecule has 0 radical (unpaired) electrons. The van der Waals surface area contributed by atoms with E-state index in [-0.39, 0.29) is 44.4 Å². The van der Waals surface area contributed by atoms with Crippen LogP contribution in [0, 0.1) is 12.3 Å². The summed E-state index contributed by atoms with van der Waals surface area (Å²) in [7, 11) is 0. The van der Waals surface area contributed by atoms with Crippen LogP contribution in [0.5, 0.6) is 0 Å². The number of alkyl halides is 1. The number of ether oxygens (including phenoxy) is 4. The molecule has 3 amide bonds. The van der Waals surface area contributed by atoms with Crippen LogP contribution in [-0.2, 0) is 39.9 Å². The number of amides is 3. The van der Waals surface area contributed by atoms with E-state index in [2.05, 4.69) is 31.5 Å². The van der Waals surface area contributed by atoms with Crippen LogP contribution in [0.3, 0.4) is 0 Å². The molecule has 1 aromatic carbocycles. The lowest BCUT2D eigenvalue weighted by Gasteiger charge is -2.35. The van der Waals surface area contributed by atoms with Crippen LogP contribution in [0.1, 0.15) is 44.9 Å². The Morgan fingerprint density at radius 3 is 2.15 bits per heavy atom. The average molecular weight is 742 g/mol. The first-order valence-electron chi connectivity index (χ1n) is 15.9. The number of rotatable bonds is 20. The van der Waals surface area contributed by atoms with Crippen molar-refractivity contribution in [2.24, 2.45) is 5.41 Å². The molecule has 1 aromatic heterocycles. The number of hydrogen-bond donors (Lipinski definition) is 3. The number of nitrogens with zero attached hydrogens (tertiary/aromatic N) is 2. The molecule has 3 N–H and O–H groups in total. The van der Waals surface area contributed by atoms with Crippen LogP contribution >= 0.6 is 27.3 Å². The van der Waals surface area contributed by atoms with Crippen molar-refractivity contribution in [1.29, 1.82) is 0 Å². The molecule has 0 spiro atoms. The van der Waals surface area contributed by atoms with Crippen molar-refractivity contribution in [2.45, 2.75) is 65.3 Å². The SMILES string of the molecule is Cc1ncsc1-c1ccc(CNC(=O)[C@@H]2C[C@@H](O)CN2C(=O)[C@@H](NC(=O)CCOCCOCCOCCOCCBr)C(C)(C)C)cc1. The minimum absolute atomic E-state index is 0.0152. The van der Waals surface area contributed by atoms with E-state index in [0.29, 0.717) is 46.2 Å². The highest BCUT2D eigenvalue weighted by molar-refractivity contribution is 9.09. The summed E-state index contributed by atoms with van der Waals surface area (Å²) in [5.74, 6) is -1.09. The molecule has 3 rings (SSSR count). The smallest absolute Gasteiger partial charge is 0.246 e. The Kier molecular flexibility index (Phi) is 16.7. The zero-order valence-corrected chi connectivity index (χ0v) is 30.2. The average Bonchev–Trinajstić information content (AvgIpc) is 3.65. The van der Waals surface area contributed by atoms with Crippen molar-refractivity contribution in [1.82, 2.24) is 20.5 Å². The van der Waals surface area contributed by atoms with Gasteiger partial charge in [-0.3, -0.25) is 14.4 Å². The fraction of sp³-hybridized carbons (Fsp3) is 0.636. The summed E-state index contributed by atoms with van der Waals surface area (Å²) < 4.78 is 21.7. The van der Waals surface area contributed by atoms with Crippen LogP contribution in [0.25, 0.3) is 10.4 Å². The molecule has 0 bridgehead atoms. The van der Waals surface area contributed by atoms with Gasteiger partial charge in [0, 0.05) is 31.3 Å². The molecular weight excluding hydrogens is 692 g/mol. The number of likely N-dealkylation sites (tertiary alicyclic amines) is 1. The number of aromatic nitrogens is 1. The maximum atomic E-state index is 13.8. The minimum Gasteiger partial charge on any atom is -0.391 e. The number of halogens is 1. The van der Waals surface area contributed by atoms with Gasteiger partial charge in [-0.15, -0.1) is 11.3 Å². The van der Waals surface area contributed by atoms with E-state index in [9.17, 15) is 19.5 Å². The largest absolute Gasteiger partial charge is 0.391 e. The second-order valence-corrected chi connectivity index (χ2v) is 14.0. The topological polar surface area (TPSA) is 149 Å². The second kappa shape index (κ2) is 20.1. The summed E-state index contributed by atoms with van der Waals surface area (Å²) >= 11 is 4.87. The highest BCUT2D eigenvalue weighted by Crippen LogP contribution is 2.28. The Labute approximate surface area is 290 Å². The Bertz CT molecular complexity index is 1260. The van der Waals surface area contributed by atoms with E-state index in [1.807, 2.05) is 57.5 Å². The molecule has 2 heterocycles. The van der Waals surface area contributed by atoms with Crippen LogP contribution in [0.2, 0.25) is 0 Å². The summed E-state index contributed by atoms with van der Waals surface area (Å²) in [4.78, 5) is 46.7. The normalized spacial score (nSPS) is 17.1. The number of β-amino-alcohol motifs (C(OH)–C–C–N with tert-alkyl or cyclic N) is 1. The van der Waals surface area contributed by atoms with Crippen molar-refractivity contribution in [3.8, 4) is 10.4 Å². The first kappa shape index (κ1) is 39.0. The third-order valence-electron chi connectivity index (χ3n) is 7.52. The van der Waals surface area contributed by atoms with E-state index in [4.69, 9.17) is 18.9 Å². The Morgan fingerprint density at radius 1 is 1.00 bits per heavy atom. The van der Waals surface area contributed by atoms with Crippen molar-refractivity contribution in [2.75, 3.05) is 64.7 Å². The van der Waals surface area contributed by atoms with E-state index in [1.165, 1.54) is 4.90 Å². The number of aliphatic hydroxyl groups is 1. The van der Waals surface area contributed by atoms with Gasteiger partial charge in [-0.2, -0.15) is 0 Å². The Morgan fingerprint density at radius 2 is 1.60 bits per heavy atom. The molecule has 0 saturated carbocycles. The van der Waals surface area contributed by atoms with Gasteiger partial charge >= 0.3 is 0 Å². The molecule has 1 saturated heterocycles. The molecule has 12 nitrogen and oxygen atoms in total. The fourth-order valence-corrected chi connectivity index (χ4v) is 6.04. The molecule has 262 valence electrons. The lowest BCUT2D eigenvalue weighted by molar-refractivity contribution is -0.144. The standard InChI is InChI=1S/C33H49BrN4O8S/c1-23-29(47-22-36-23)25-7-5-24(6-8-25)20-35-31(41)27-19-26(39)21-38(27)32(42)30(33(2,3)4)37-28(40)9-11-43-13-15-45-17-18-46-16-14-44-12-10-34/h5-8,22,26-27,30,39H,9-21H2,1-4H3,(H,35,41)(H,37,40)/t26-,27+,30-/m1/s1. The van der Waals surface area contributed by atoms with Gasteiger partial charge in [0.2, 0.25) is 17.7 Å². The van der Waals surface area contributed by atoms with Crippen molar-refractivity contribution in [3.05, 3.63) is 41.0 Å². The molecule has 1 aliphatic rings. The van der Waals surface area contributed by atoms with Gasteiger partial charge in [0.1, 0.15) is 12.1 Å². The molecule has 0 unspecified atom stereocenters. The first-order valence-corrected chi connectivity index (χ1v) is 17.9. The van der Waals surface area contributed by atoms with E-state index in [0.717, 1.165) is 27.0 Å². The summed E-state index contributed by atoms with van der Waals surface area (Å²) in [6.45, 7) is 11.3. The van der Waals surface area contributed by atoms with Gasteiger partial charge < -0.3 is 39.6 Å². The zero-order chi connectivity index (χ0) is 34.2. The maximum absolute atomic E-state index is 13.8. The molecule has 0 aliphatic carbocycles. The lowest BCUT2D eigenvalue weighted by atomic mass is 9.85. The van der Waals surface area contributed by atoms with Gasteiger partial charge in [-0.25, -0.2) is 4.98 Å². The molecular formula is C33H49BrN4O8S. The van der Waals surface area contributed by atoms with Gasteiger partial charge in [-0.1, -0.05) is 61.0 Å². The number of aliphatic hydroxyl groups excluding tert-OH is 1. The highest BCUT2D eigenvalue weighted by Gasteiger charge is 2.44. The van der Waals surface area contributed by atoms with Crippen LogP contribution in [-0.4, -0.2) is 116 Å². The van der Waals surface area contributed by atoms with E-state index in [1.54, 1.807) is 11.3 Å². The molecule has 1 fully saturated rings. The number of thiazole rings is 1. The fourth-order valence-electron chi connectivity index (χ4n) is 4.99. The third kappa shape index (κ3) is 13.2. The molecule has 47 heavy (non-hydrogen) atoms. The van der Waals surface area contributed by atoms with Gasteiger partial charge in [0.25, 0.3) is 0 Å². The first-order chi connectivity index (χ1) is 22.5. The van der Waals surface area contributed by atoms with Gasteiger partial charge in [-0.05, 0) is 23.5 Å². The number of carbonyl (C=O) groups excluding carboxylic acids is 3. The van der Waals surface area contributed by atoms with Crippen molar-refractivity contribution in [3.63, 3.8) is 0 Å². The number of carbonyl (C=O) groups is 3. The number of aryl methyl sites for hydroxylation is 1. The number of benzene rings is 1. The summed E-state index contributed by atoms with van der Waals surface area (Å²) in [5.41, 5.74) is 4.12. The van der Waals surface area contributed by atoms with Crippen LogP contribution in [0.4, 0.5) is 0 Å². The quantitative estimate of drug-likeness (QED) is 0.138. The Hall–Kier alpha value is -2.46. The summed E-state index contributed by atoms with van der Waals surface area (Å²) in [5, 5.41) is 17.0. The summed E-state index contributed by atoms with van der Waals surface area (Å²) in [6, 6.07) is 6.14. The second-order valence-electron chi connectivity index (χ2n) is 12.3. The lowest BCUT2D eigenvalue weighted by Crippen LogP contribution is -2.57. The van der Waals surface area contributed by atoms with E-state index < -0.39 is 29.5 Å². The highest BCUT2D eigenvalue weighted by atomic mass is 79.9. The predicted molar refractivity (Wildman–Crippen MR) is 183 cm³/mol. The Balaban J connectivity index is 1.42. The molecule has 3 atom stereocenters. The maximum Gasteiger partial charge on any atom is 0.246 e. The zero-order valence-electron chi connectivity index (χ0n) is 27.8. The van der Waals surface area contributed by atoms with E-state index >= 15 is 0 Å². The summed E-state index contributed by atoms with van der Waals surface area (Å²) in [6.07, 6.45) is -0.654. The number of hydrogen-bond acceptors (Lipinski definition) is 10. The minimum atomic E-state index is -0.897. The van der Waals surface area contributed by atoms with Crippen molar-refractivity contribution < 1.29 is 38.4 Å².